The van der Waals surface area contributed by atoms with Gasteiger partial charge in [0, 0.05) is 12.6 Å². The average Bonchev–Trinajstić information content (AvgIpc) is 2.47. The molecule has 2 rings (SSSR count). The summed E-state index contributed by atoms with van der Waals surface area (Å²) in [4.78, 5) is 14.3. The molecule has 0 bridgehead atoms. The van der Waals surface area contributed by atoms with E-state index < -0.39 is 0 Å². The molecular formula is C17H19NO3. The van der Waals surface area contributed by atoms with E-state index in [2.05, 4.69) is 0 Å². The Hall–Kier alpha value is -2.33. The lowest BCUT2D eigenvalue weighted by molar-refractivity contribution is 0.0927. The maximum atomic E-state index is 12.3. The summed E-state index contributed by atoms with van der Waals surface area (Å²) in [6, 6.07) is 14.0. The molecule has 0 saturated carbocycles. The highest BCUT2D eigenvalue weighted by Gasteiger charge is 2.15. The lowest BCUT2D eigenvalue weighted by Crippen LogP contribution is -2.29. The van der Waals surface area contributed by atoms with Crippen LogP contribution in [0.15, 0.2) is 48.5 Å². The van der Waals surface area contributed by atoms with Crippen LogP contribution >= 0.6 is 0 Å². The van der Waals surface area contributed by atoms with E-state index in [0.717, 1.165) is 12.1 Å². The van der Waals surface area contributed by atoms with Crippen LogP contribution in [0.1, 0.15) is 22.8 Å². The Labute approximate surface area is 124 Å². The van der Waals surface area contributed by atoms with Gasteiger partial charge in [-0.1, -0.05) is 37.3 Å². The number of carbonyl (C=O) groups is 1. The fraction of sp³-hybridized carbons (Fsp3) is 0.235. The van der Waals surface area contributed by atoms with Crippen molar-refractivity contribution in [1.29, 1.82) is 0 Å². The zero-order chi connectivity index (χ0) is 15.2. The fourth-order valence-electron chi connectivity index (χ4n) is 2.17. The van der Waals surface area contributed by atoms with Crippen LogP contribution in [0.5, 0.6) is 11.5 Å². The summed E-state index contributed by atoms with van der Waals surface area (Å²) in [6.07, 6.45) is 0. The van der Waals surface area contributed by atoms with Crippen molar-refractivity contribution < 1.29 is 15.0 Å². The fourth-order valence-corrected chi connectivity index (χ4v) is 2.17. The van der Waals surface area contributed by atoms with E-state index in [1.54, 1.807) is 0 Å². The normalized spacial score (nSPS) is 10.8. The van der Waals surface area contributed by atoms with Crippen LogP contribution in [0.3, 0.4) is 0 Å². The van der Waals surface area contributed by atoms with E-state index in [0.29, 0.717) is 6.54 Å². The first-order chi connectivity index (χ1) is 10.1. The summed E-state index contributed by atoms with van der Waals surface area (Å²) < 4.78 is 0. The van der Waals surface area contributed by atoms with Gasteiger partial charge in [-0.2, -0.15) is 0 Å². The number of phenols is 2. The van der Waals surface area contributed by atoms with Gasteiger partial charge < -0.3 is 10.2 Å². The minimum Gasteiger partial charge on any atom is -0.508 e. The second kappa shape index (κ2) is 6.90. The Balaban J connectivity index is 2.06. The Bertz CT molecular complexity index is 611. The van der Waals surface area contributed by atoms with Crippen LogP contribution in [0.4, 0.5) is 0 Å². The molecule has 110 valence electrons. The number of hydrogen-bond donors (Lipinski definition) is 2. The predicted molar refractivity (Wildman–Crippen MR) is 81.5 cm³/mol. The van der Waals surface area contributed by atoms with Crippen LogP contribution in [0, 0.1) is 0 Å². The highest BCUT2D eigenvalue weighted by atomic mass is 16.3. The number of Topliss-reactive ketones (excluding diaryl/α,β-unsaturated/α-hetero) is 1. The number of phenolic OH excluding ortho intramolecular Hbond substituents is 2. The molecule has 0 spiro atoms. The van der Waals surface area contributed by atoms with Gasteiger partial charge in [0.2, 0.25) is 0 Å². The van der Waals surface area contributed by atoms with Gasteiger partial charge in [0.1, 0.15) is 11.5 Å². The van der Waals surface area contributed by atoms with Gasteiger partial charge in [-0.25, -0.2) is 0 Å². The van der Waals surface area contributed by atoms with Gasteiger partial charge in [0.05, 0.1) is 12.1 Å². The number of likely N-dealkylation sites (N-methyl/N-ethyl adjacent to an activating group) is 1. The summed E-state index contributed by atoms with van der Waals surface area (Å²) in [5.41, 5.74) is 1.38. The number of benzene rings is 2. The summed E-state index contributed by atoms with van der Waals surface area (Å²) in [5.74, 6) is -0.401. The van der Waals surface area contributed by atoms with Crippen molar-refractivity contribution in [3.8, 4) is 11.5 Å². The number of hydrogen-bond acceptors (Lipinski definition) is 4. The Kier molecular flexibility index (Phi) is 4.95. The first-order valence-electron chi connectivity index (χ1n) is 6.91. The van der Waals surface area contributed by atoms with E-state index in [1.165, 1.54) is 18.2 Å². The minimum atomic E-state index is -0.184. The largest absolute Gasteiger partial charge is 0.508 e. The van der Waals surface area contributed by atoms with Crippen LogP contribution < -0.4 is 0 Å². The molecule has 0 radical (unpaired) electrons. The molecule has 0 amide bonds. The smallest absolute Gasteiger partial charge is 0.180 e. The third-order valence-electron chi connectivity index (χ3n) is 3.35. The predicted octanol–water partition coefficient (Wildman–Crippen LogP) is 2.80. The maximum Gasteiger partial charge on any atom is 0.180 e. The lowest BCUT2D eigenvalue weighted by atomic mass is 10.1. The highest BCUT2D eigenvalue weighted by Crippen LogP contribution is 2.23. The van der Waals surface area contributed by atoms with E-state index in [4.69, 9.17) is 0 Å². The highest BCUT2D eigenvalue weighted by molar-refractivity contribution is 6.00. The summed E-state index contributed by atoms with van der Waals surface area (Å²) in [5, 5.41) is 19.0. The third kappa shape index (κ3) is 4.07. The van der Waals surface area contributed by atoms with Gasteiger partial charge in [-0.15, -0.1) is 0 Å². The molecule has 0 heterocycles. The van der Waals surface area contributed by atoms with Crippen LogP contribution in [0.2, 0.25) is 0 Å². The summed E-state index contributed by atoms with van der Waals surface area (Å²) in [6.45, 7) is 3.64. The number of ketones is 1. The van der Waals surface area contributed by atoms with E-state index in [9.17, 15) is 15.0 Å². The van der Waals surface area contributed by atoms with Crippen molar-refractivity contribution in [3.63, 3.8) is 0 Å². The molecule has 0 atom stereocenters. The number of carbonyl (C=O) groups excluding carboxylic acids is 1. The summed E-state index contributed by atoms with van der Waals surface area (Å²) >= 11 is 0. The molecule has 4 heteroatoms. The second-order valence-electron chi connectivity index (χ2n) is 4.91. The van der Waals surface area contributed by atoms with E-state index in [-0.39, 0.29) is 29.4 Å². The van der Waals surface area contributed by atoms with Gasteiger partial charge in [-0.3, -0.25) is 9.69 Å². The van der Waals surface area contributed by atoms with E-state index >= 15 is 0 Å². The molecule has 2 aromatic rings. The first-order valence-corrected chi connectivity index (χ1v) is 6.91. The van der Waals surface area contributed by atoms with Crippen molar-refractivity contribution in [2.24, 2.45) is 0 Å². The molecule has 0 aliphatic rings. The second-order valence-corrected chi connectivity index (χ2v) is 4.91. The lowest BCUT2D eigenvalue weighted by Gasteiger charge is -2.19. The first kappa shape index (κ1) is 15.1. The van der Waals surface area contributed by atoms with Crippen molar-refractivity contribution in [3.05, 3.63) is 59.7 Å². The molecule has 0 aliphatic heterocycles. The number of nitrogens with zero attached hydrogens (tertiary/aromatic N) is 1. The van der Waals surface area contributed by atoms with Crippen molar-refractivity contribution >= 4 is 5.78 Å². The molecule has 0 unspecified atom stereocenters. The van der Waals surface area contributed by atoms with Crippen molar-refractivity contribution in [2.75, 3.05) is 13.1 Å². The molecule has 0 aromatic heterocycles. The van der Waals surface area contributed by atoms with Gasteiger partial charge in [0.15, 0.2) is 5.78 Å². The van der Waals surface area contributed by atoms with E-state index in [1.807, 2.05) is 42.2 Å². The molecule has 21 heavy (non-hydrogen) atoms. The van der Waals surface area contributed by atoms with Crippen LogP contribution in [-0.2, 0) is 6.54 Å². The number of aromatic hydroxyl groups is 2. The monoisotopic (exact) mass is 285 g/mol. The standard InChI is InChI=1S/C17H19NO3/c1-2-18(11-13-6-4-3-5-7-13)12-17(21)15-9-8-14(19)10-16(15)20/h3-10,19-20H,2,11-12H2,1H3. The van der Waals surface area contributed by atoms with Crippen LogP contribution in [0.25, 0.3) is 0 Å². The third-order valence-corrected chi connectivity index (χ3v) is 3.35. The Morgan fingerprint density at radius 3 is 2.43 bits per heavy atom. The zero-order valence-corrected chi connectivity index (χ0v) is 12.0. The molecule has 0 fully saturated rings. The summed E-state index contributed by atoms with van der Waals surface area (Å²) in [7, 11) is 0. The van der Waals surface area contributed by atoms with Crippen molar-refractivity contribution in [1.82, 2.24) is 4.90 Å². The minimum absolute atomic E-state index is 0.0549. The van der Waals surface area contributed by atoms with Crippen molar-refractivity contribution in [2.45, 2.75) is 13.5 Å². The molecule has 2 N–H and O–H groups in total. The van der Waals surface area contributed by atoms with Gasteiger partial charge in [0.25, 0.3) is 0 Å². The van der Waals surface area contributed by atoms with Gasteiger partial charge in [-0.05, 0) is 24.2 Å². The molecule has 0 aliphatic carbocycles. The molecular weight excluding hydrogens is 266 g/mol. The zero-order valence-electron chi connectivity index (χ0n) is 12.0. The maximum absolute atomic E-state index is 12.3. The molecule has 4 nitrogen and oxygen atoms in total. The topological polar surface area (TPSA) is 60.8 Å². The van der Waals surface area contributed by atoms with Crippen LogP contribution in [-0.4, -0.2) is 34.0 Å². The van der Waals surface area contributed by atoms with Gasteiger partial charge >= 0.3 is 0 Å². The molecule has 0 saturated heterocycles. The Morgan fingerprint density at radius 1 is 1.10 bits per heavy atom. The number of rotatable bonds is 6. The molecule has 2 aromatic carbocycles. The average molecular weight is 285 g/mol. The quantitative estimate of drug-likeness (QED) is 0.801. The SMILES string of the molecule is CCN(CC(=O)c1ccc(O)cc1O)Cc1ccccc1. The Morgan fingerprint density at radius 2 is 1.81 bits per heavy atom.